The summed E-state index contributed by atoms with van der Waals surface area (Å²) < 4.78 is 12.3. The minimum absolute atomic E-state index is 0.0193. The molecule has 8 nitrogen and oxygen atoms in total. The summed E-state index contributed by atoms with van der Waals surface area (Å²) in [6, 6.07) is 30.4. The van der Waals surface area contributed by atoms with E-state index >= 15 is 0 Å². The van der Waals surface area contributed by atoms with Crippen molar-refractivity contribution in [1.29, 1.82) is 0 Å². The standard InChI is InChI=1S/C35H32N2O6S2/c1-23(42-33(40)27-17-10-5-11-18-27)35(34(41)43-30(25-13-6-3-7-14-25)26-15-8-4-9-16-26)21-36-31(39)29(32(36)45-22-35)37(24(2)38)28-19-12-20-44-28/h3-20,23,29-30,32H,21-22H2,1-2H3/t23?,29?,32-,35?/m1/s1. The van der Waals surface area contributed by atoms with E-state index in [1.165, 1.54) is 34.9 Å². The summed E-state index contributed by atoms with van der Waals surface area (Å²) in [6.07, 6.45) is -1.66. The second-order valence-corrected chi connectivity index (χ2v) is 13.2. The fourth-order valence-corrected chi connectivity index (χ4v) is 8.33. The number of ether oxygens (including phenoxy) is 2. The summed E-state index contributed by atoms with van der Waals surface area (Å²) in [5.74, 6) is -1.43. The summed E-state index contributed by atoms with van der Waals surface area (Å²) in [7, 11) is 0. The van der Waals surface area contributed by atoms with Crippen molar-refractivity contribution in [3.63, 3.8) is 0 Å². The first kappa shape index (κ1) is 30.6. The van der Waals surface area contributed by atoms with E-state index < -0.39 is 35.6 Å². The Labute approximate surface area is 269 Å². The predicted octanol–water partition coefficient (Wildman–Crippen LogP) is 5.95. The van der Waals surface area contributed by atoms with Gasteiger partial charge in [0.2, 0.25) is 11.8 Å². The Balaban J connectivity index is 1.32. The highest BCUT2D eigenvalue weighted by Crippen LogP contribution is 2.48. The summed E-state index contributed by atoms with van der Waals surface area (Å²) in [4.78, 5) is 57.3. The molecule has 2 saturated heterocycles. The van der Waals surface area contributed by atoms with Crippen LogP contribution in [0.1, 0.15) is 41.4 Å². The fraction of sp³-hybridized carbons (Fsp3) is 0.257. The first-order valence-corrected chi connectivity index (χ1v) is 16.6. The zero-order chi connectivity index (χ0) is 31.6. The van der Waals surface area contributed by atoms with Crippen LogP contribution in [0, 0.1) is 5.41 Å². The topological polar surface area (TPSA) is 93.2 Å². The Kier molecular flexibility index (Phi) is 8.78. The maximum absolute atomic E-state index is 14.5. The second-order valence-electron chi connectivity index (χ2n) is 11.1. The van der Waals surface area contributed by atoms with Crippen LogP contribution in [0.15, 0.2) is 109 Å². The SMILES string of the molecule is CC(=O)N(c1cccs1)C1C(=O)N2CC(C(=O)OC(c3ccccc3)c3ccccc3)(C(C)OC(=O)c3ccccc3)CS[C@H]12. The molecular weight excluding hydrogens is 609 g/mol. The Morgan fingerprint density at radius 3 is 2.02 bits per heavy atom. The third kappa shape index (κ3) is 5.87. The number of hydrogen-bond donors (Lipinski definition) is 0. The average molecular weight is 641 g/mol. The van der Waals surface area contributed by atoms with E-state index in [-0.39, 0.29) is 29.5 Å². The van der Waals surface area contributed by atoms with Gasteiger partial charge in [-0.3, -0.25) is 19.3 Å². The van der Waals surface area contributed by atoms with Gasteiger partial charge < -0.3 is 14.4 Å². The van der Waals surface area contributed by atoms with Gasteiger partial charge in [-0.05, 0) is 47.7 Å². The molecule has 0 aliphatic carbocycles. The molecule has 2 amide bonds. The molecule has 3 aromatic carbocycles. The van der Waals surface area contributed by atoms with Gasteiger partial charge in [-0.15, -0.1) is 23.1 Å². The van der Waals surface area contributed by atoms with Crippen molar-refractivity contribution in [2.24, 2.45) is 5.41 Å². The van der Waals surface area contributed by atoms with Crippen molar-refractivity contribution in [2.75, 3.05) is 17.2 Å². The van der Waals surface area contributed by atoms with Gasteiger partial charge in [0.25, 0.3) is 0 Å². The van der Waals surface area contributed by atoms with Gasteiger partial charge in [0, 0.05) is 19.2 Å². The number of thiophene rings is 1. The maximum Gasteiger partial charge on any atom is 0.338 e. The summed E-state index contributed by atoms with van der Waals surface area (Å²) in [5.41, 5.74) is 0.554. The zero-order valence-electron chi connectivity index (χ0n) is 24.8. The van der Waals surface area contributed by atoms with Crippen LogP contribution in [0.3, 0.4) is 0 Å². The number of anilines is 1. The molecule has 0 spiro atoms. The Morgan fingerprint density at radius 2 is 1.47 bits per heavy atom. The van der Waals surface area contributed by atoms with Crippen molar-refractivity contribution < 1.29 is 28.7 Å². The van der Waals surface area contributed by atoms with Gasteiger partial charge in [-0.25, -0.2) is 4.79 Å². The van der Waals surface area contributed by atoms with E-state index in [0.29, 0.717) is 10.6 Å². The van der Waals surface area contributed by atoms with Crippen molar-refractivity contribution >= 4 is 51.9 Å². The molecule has 3 unspecified atom stereocenters. The predicted molar refractivity (Wildman–Crippen MR) is 174 cm³/mol. The molecule has 230 valence electrons. The van der Waals surface area contributed by atoms with Crippen molar-refractivity contribution in [2.45, 2.75) is 37.5 Å². The monoisotopic (exact) mass is 640 g/mol. The van der Waals surface area contributed by atoms with Gasteiger partial charge in [0.05, 0.1) is 10.6 Å². The number of fused-ring (bicyclic) bond motifs is 1. The van der Waals surface area contributed by atoms with E-state index in [1.54, 1.807) is 42.2 Å². The molecule has 45 heavy (non-hydrogen) atoms. The summed E-state index contributed by atoms with van der Waals surface area (Å²) in [5, 5.41) is 2.19. The largest absolute Gasteiger partial charge is 0.458 e. The summed E-state index contributed by atoms with van der Waals surface area (Å²) in [6.45, 7) is 3.11. The van der Waals surface area contributed by atoms with Crippen LogP contribution in [0.4, 0.5) is 5.00 Å². The lowest BCUT2D eigenvalue weighted by atomic mass is 9.81. The van der Waals surface area contributed by atoms with Crippen LogP contribution in [-0.2, 0) is 23.9 Å². The Hall–Kier alpha value is -4.41. The molecule has 3 heterocycles. The number of carbonyl (C=O) groups excluding carboxylic acids is 4. The van der Waals surface area contributed by atoms with E-state index in [0.717, 1.165) is 11.1 Å². The highest BCUT2D eigenvalue weighted by atomic mass is 32.2. The third-order valence-electron chi connectivity index (χ3n) is 8.35. The number of hydrogen-bond acceptors (Lipinski definition) is 8. The van der Waals surface area contributed by atoms with Gasteiger partial charge in [0.15, 0.2) is 6.10 Å². The van der Waals surface area contributed by atoms with E-state index in [4.69, 9.17) is 9.47 Å². The number of carbonyl (C=O) groups is 4. The Morgan fingerprint density at radius 1 is 0.867 bits per heavy atom. The molecule has 2 fully saturated rings. The van der Waals surface area contributed by atoms with Gasteiger partial charge in [-0.1, -0.05) is 78.9 Å². The van der Waals surface area contributed by atoms with Crippen molar-refractivity contribution in [3.8, 4) is 0 Å². The third-order valence-corrected chi connectivity index (χ3v) is 10.7. The van der Waals surface area contributed by atoms with Gasteiger partial charge >= 0.3 is 11.9 Å². The molecule has 10 heteroatoms. The minimum atomic E-state index is -1.38. The van der Waals surface area contributed by atoms with E-state index in [1.807, 2.05) is 78.2 Å². The lowest BCUT2D eigenvalue weighted by Crippen LogP contribution is -2.75. The molecule has 2 aliphatic rings. The summed E-state index contributed by atoms with van der Waals surface area (Å²) >= 11 is 2.79. The smallest absolute Gasteiger partial charge is 0.338 e. The van der Waals surface area contributed by atoms with Crippen molar-refractivity contribution in [3.05, 3.63) is 125 Å². The fourth-order valence-electron chi connectivity index (χ4n) is 5.83. The molecule has 0 bridgehead atoms. The van der Waals surface area contributed by atoms with Crippen molar-refractivity contribution in [1.82, 2.24) is 4.90 Å². The van der Waals surface area contributed by atoms with Gasteiger partial charge in [0.1, 0.15) is 22.9 Å². The number of β-lactam (4-membered cyclic amide) rings is 1. The lowest BCUT2D eigenvalue weighted by molar-refractivity contribution is -0.172. The Bertz CT molecular complexity index is 1630. The van der Waals surface area contributed by atoms with Crippen LogP contribution in [0.2, 0.25) is 0 Å². The minimum Gasteiger partial charge on any atom is -0.458 e. The molecule has 0 radical (unpaired) electrons. The zero-order valence-corrected chi connectivity index (χ0v) is 26.4. The number of nitrogens with zero attached hydrogens (tertiary/aromatic N) is 2. The average Bonchev–Trinajstić information content (AvgIpc) is 3.61. The molecule has 4 atom stereocenters. The molecule has 1 aromatic heterocycles. The molecule has 2 aliphatic heterocycles. The van der Waals surface area contributed by atoms with Crippen LogP contribution in [0.25, 0.3) is 0 Å². The normalized spacial score (nSPS) is 21.3. The van der Waals surface area contributed by atoms with E-state index in [2.05, 4.69) is 0 Å². The number of thioether (sulfide) groups is 1. The molecule has 6 rings (SSSR count). The lowest BCUT2D eigenvalue weighted by Gasteiger charge is -2.57. The number of amides is 2. The first-order chi connectivity index (χ1) is 21.8. The number of rotatable bonds is 9. The van der Waals surface area contributed by atoms with Crippen LogP contribution in [0.5, 0.6) is 0 Å². The highest BCUT2D eigenvalue weighted by Gasteiger charge is 2.62. The van der Waals surface area contributed by atoms with Gasteiger partial charge in [-0.2, -0.15) is 0 Å². The molecule has 0 N–H and O–H groups in total. The quantitative estimate of drug-likeness (QED) is 0.165. The molecule has 0 saturated carbocycles. The molecular formula is C35H32N2O6S2. The first-order valence-electron chi connectivity index (χ1n) is 14.6. The highest BCUT2D eigenvalue weighted by molar-refractivity contribution is 8.00. The second kappa shape index (κ2) is 12.9. The number of esters is 2. The van der Waals surface area contributed by atoms with E-state index in [9.17, 15) is 19.2 Å². The van der Waals surface area contributed by atoms with Crippen LogP contribution in [-0.4, -0.2) is 58.5 Å². The maximum atomic E-state index is 14.5. The molecule has 4 aromatic rings. The van der Waals surface area contributed by atoms with Crippen LogP contribution < -0.4 is 4.90 Å². The van der Waals surface area contributed by atoms with Crippen LogP contribution >= 0.6 is 23.1 Å². The number of benzene rings is 3.